The zero-order chi connectivity index (χ0) is 18.5. The van der Waals surface area contributed by atoms with Gasteiger partial charge >= 0.3 is 0 Å². The number of anilines is 1. The van der Waals surface area contributed by atoms with Gasteiger partial charge in [-0.05, 0) is 31.2 Å². The Kier molecular flexibility index (Phi) is 5.28. The van der Waals surface area contributed by atoms with Crippen molar-refractivity contribution in [2.45, 2.75) is 17.4 Å². The Morgan fingerprint density at radius 3 is 2.50 bits per heavy atom. The van der Waals surface area contributed by atoms with E-state index in [2.05, 4.69) is 15.5 Å². The van der Waals surface area contributed by atoms with Gasteiger partial charge in [0.2, 0.25) is 11.8 Å². The van der Waals surface area contributed by atoms with E-state index in [-0.39, 0.29) is 16.8 Å². The van der Waals surface area contributed by atoms with Crippen molar-refractivity contribution in [3.05, 3.63) is 64.7 Å². The van der Waals surface area contributed by atoms with Gasteiger partial charge < -0.3 is 9.73 Å². The number of aromatic nitrogens is 2. The first kappa shape index (κ1) is 17.6. The quantitative estimate of drug-likeness (QED) is 0.399. The third-order valence-electron chi connectivity index (χ3n) is 3.42. The van der Waals surface area contributed by atoms with Gasteiger partial charge in [-0.25, -0.2) is 0 Å². The number of nitro groups is 1. The zero-order valence-electron chi connectivity index (χ0n) is 13.7. The summed E-state index contributed by atoms with van der Waals surface area (Å²) in [5.41, 5.74) is 1.24. The number of nitrogens with zero attached hydrogens (tertiary/aromatic N) is 3. The smallest absolute Gasteiger partial charge is 0.277 e. The zero-order valence-corrected chi connectivity index (χ0v) is 14.5. The SMILES string of the molecule is CC(Sc1nnc(-c2ccccc2)o1)C(=O)Nc1ccc([N+](=O)[O-])cc1. The molecule has 1 aromatic heterocycles. The molecule has 0 saturated carbocycles. The van der Waals surface area contributed by atoms with Crippen molar-refractivity contribution < 1.29 is 14.1 Å². The molecule has 3 rings (SSSR count). The second-order valence-corrected chi connectivity index (χ2v) is 6.58. The molecule has 0 radical (unpaired) electrons. The maximum atomic E-state index is 12.3. The highest BCUT2D eigenvalue weighted by molar-refractivity contribution is 8.00. The first-order valence-electron chi connectivity index (χ1n) is 7.64. The van der Waals surface area contributed by atoms with E-state index in [0.717, 1.165) is 17.3 Å². The summed E-state index contributed by atoms with van der Waals surface area (Å²) in [4.78, 5) is 22.4. The normalized spacial score (nSPS) is 11.7. The van der Waals surface area contributed by atoms with Gasteiger partial charge in [-0.15, -0.1) is 10.2 Å². The van der Waals surface area contributed by atoms with Crippen molar-refractivity contribution in [3.63, 3.8) is 0 Å². The topological polar surface area (TPSA) is 111 Å². The van der Waals surface area contributed by atoms with E-state index in [1.165, 1.54) is 24.3 Å². The molecule has 1 N–H and O–H groups in total. The summed E-state index contributed by atoms with van der Waals surface area (Å²) in [5.74, 6) is 0.111. The fourth-order valence-electron chi connectivity index (χ4n) is 2.07. The van der Waals surface area contributed by atoms with E-state index < -0.39 is 10.2 Å². The largest absolute Gasteiger partial charge is 0.411 e. The van der Waals surface area contributed by atoms with Crippen LogP contribution in [0.2, 0.25) is 0 Å². The number of carbonyl (C=O) groups excluding carboxylic acids is 1. The highest BCUT2D eigenvalue weighted by atomic mass is 32.2. The third kappa shape index (κ3) is 4.25. The second kappa shape index (κ2) is 7.79. The molecule has 26 heavy (non-hydrogen) atoms. The van der Waals surface area contributed by atoms with Crippen molar-refractivity contribution >= 4 is 29.0 Å². The van der Waals surface area contributed by atoms with Gasteiger partial charge in [0.1, 0.15) is 0 Å². The van der Waals surface area contributed by atoms with Crippen LogP contribution >= 0.6 is 11.8 Å². The van der Waals surface area contributed by atoms with Crippen LogP contribution in [0.3, 0.4) is 0 Å². The van der Waals surface area contributed by atoms with E-state index in [1.54, 1.807) is 6.92 Å². The summed E-state index contributed by atoms with van der Waals surface area (Å²) >= 11 is 1.13. The monoisotopic (exact) mass is 370 g/mol. The van der Waals surface area contributed by atoms with E-state index in [9.17, 15) is 14.9 Å². The third-order valence-corrected chi connectivity index (χ3v) is 4.35. The Morgan fingerprint density at radius 2 is 1.85 bits per heavy atom. The number of rotatable bonds is 6. The van der Waals surface area contributed by atoms with E-state index in [1.807, 2.05) is 30.3 Å². The lowest BCUT2D eigenvalue weighted by atomic mass is 10.2. The number of nitrogens with one attached hydrogen (secondary N) is 1. The lowest BCUT2D eigenvalue weighted by Crippen LogP contribution is -2.22. The number of carbonyl (C=O) groups is 1. The van der Waals surface area contributed by atoms with E-state index in [4.69, 9.17) is 4.42 Å². The molecule has 1 heterocycles. The van der Waals surface area contributed by atoms with E-state index in [0.29, 0.717) is 11.6 Å². The van der Waals surface area contributed by atoms with Crippen molar-refractivity contribution in [1.29, 1.82) is 0 Å². The average molecular weight is 370 g/mol. The van der Waals surface area contributed by atoms with Crippen LogP contribution in [0.5, 0.6) is 0 Å². The van der Waals surface area contributed by atoms with E-state index >= 15 is 0 Å². The van der Waals surface area contributed by atoms with Gasteiger partial charge in [0.15, 0.2) is 0 Å². The summed E-state index contributed by atoms with van der Waals surface area (Å²) in [6, 6.07) is 15.0. The molecule has 1 atom stereocenters. The van der Waals surface area contributed by atoms with Crippen LogP contribution in [0.15, 0.2) is 64.2 Å². The minimum absolute atomic E-state index is 0.0373. The summed E-state index contributed by atoms with van der Waals surface area (Å²) < 4.78 is 5.57. The molecule has 3 aromatic rings. The van der Waals surface area contributed by atoms with Crippen molar-refractivity contribution in [2.24, 2.45) is 0 Å². The van der Waals surface area contributed by atoms with Crippen molar-refractivity contribution in [2.75, 3.05) is 5.32 Å². The van der Waals surface area contributed by atoms with Gasteiger partial charge in [0.25, 0.3) is 10.9 Å². The Morgan fingerprint density at radius 1 is 1.15 bits per heavy atom. The summed E-state index contributed by atoms with van der Waals surface area (Å²) in [5, 5.41) is 21.1. The van der Waals surface area contributed by atoms with Gasteiger partial charge in [0.05, 0.1) is 10.2 Å². The molecular formula is C17H14N4O4S. The number of hydrogen-bond acceptors (Lipinski definition) is 7. The average Bonchev–Trinajstić information content (AvgIpc) is 3.11. The molecule has 0 aliphatic heterocycles. The first-order valence-corrected chi connectivity index (χ1v) is 8.52. The van der Waals surface area contributed by atoms with Gasteiger partial charge in [-0.1, -0.05) is 30.0 Å². The van der Waals surface area contributed by atoms with Crippen LogP contribution < -0.4 is 5.32 Å². The minimum Gasteiger partial charge on any atom is -0.411 e. The fourth-order valence-corrected chi connectivity index (χ4v) is 2.75. The summed E-state index contributed by atoms with van der Waals surface area (Å²) in [6.07, 6.45) is 0. The number of thioether (sulfide) groups is 1. The minimum atomic E-state index is -0.496. The lowest BCUT2D eigenvalue weighted by molar-refractivity contribution is -0.384. The lowest BCUT2D eigenvalue weighted by Gasteiger charge is -2.09. The molecule has 9 heteroatoms. The molecule has 0 fully saturated rings. The molecule has 0 saturated heterocycles. The number of amides is 1. The maximum absolute atomic E-state index is 12.3. The molecular weight excluding hydrogens is 356 g/mol. The van der Waals surface area contributed by atoms with Crippen molar-refractivity contribution in [3.8, 4) is 11.5 Å². The van der Waals surface area contributed by atoms with Gasteiger partial charge in [-0.2, -0.15) is 0 Å². The number of non-ortho nitro benzene ring substituents is 1. The molecule has 8 nitrogen and oxygen atoms in total. The summed E-state index contributed by atoms with van der Waals surface area (Å²) in [7, 11) is 0. The highest BCUT2D eigenvalue weighted by Crippen LogP contribution is 2.26. The van der Waals surface area contributed by atoms with Crippen LogP contribution in [0.1, 0.15) is 6.92 Å². The van der Waals surface area contributed by atoms with Crippen LogP contribution in [0.25, 0.3) is 11.5 Å². The molecule has 2 aromatic carbocycles. The van der Waals surface area contributed by atoms with Crippen LogP contribution in [0, 0.1) is 10.1 Å². The van der Waals surface area contributed by atoms with Crippen molar-refractivity contribution in [1.82, 2.24) is 10.2 Å². The Labute approximate surface area is 152 Å². The Hall–Kier alpha value is -3.20. The molecule has 0 aliphatic rings. The molecule has 0 spiro atoms. The number of nitro benzene ring substituents is 1. The number of benzene rings is 2. The predicted octanol–water partition coefficient (Wildman–Crippen LogP) is 3.76. The highest BCUT2D eigenvalue weighted by Gasteiger charge is 2.19. The molecule has 132 valence electrons. The van der Waals surface area contributed by atoms with Gasteiger partial charge in [-0.3, -0.25) is 14.9 Å². The molecule has 0 aliphatic carbocycles. The molecule has 0 bridgehead atoms. The molecule has 1 unspecified atom stereocenters. The van der Waals surface area contributed by atoms with Crippen LogP contribution in [-0.4, -0.2) is 26.3 Å². The maximum Gasteiger partial charge on any atom is 0.277 e. The Balaban J connectivity index is 1.61. The molecule has 1 amide bonds. The van der Waals surface area contributed by atoms with Crippen LogP contribution in [0.4, 0.5) is 11.4 Å². The van der Waals surface area contributed by atoms with Gasteiger partial charge in [0, 0.05) is 23.4 Å². The summed E-state index contributed by atoms with van der Waals surface area (Å²) in [6.45, 7) is 1.71. The second-order valence-electron chi connectivity index (χ2n) is 5.29. The number of hydrogen-bond donors (Lipinski definition) is 1. The fraction of sp³-hybridized carbons (Fsp3) is 0.118. The standard InChI is InChI=1S/C17H14N4O4S/c1-11(15(22)18-13-7-9-14(10-8-13)21(23)24)26-17-20-19-16(25-17)12-5-3-2-4-6-12/h2-11H,1H3,(H,18,22). The predicted molar refractivity (Wildman–Crippen MR) is 96.8 cm³/mol. The van der Waals surface area contributed by atoms with Crippen LogP contribution in [-0.2, 0) is 4.79 Å². The first-order chi connectivity index (χ1) is 12.5. The Bertz CT molecular complexity index is 912.